The fourth-order valence-electron chi connectivity index (χ4n) is 3.12. The van der Waals surface area contributed by atoms with E-state index in [0.29, 0.717) is 11.0 Å². The summed E-state index contributed by atoms with van der Waals surface area (Å²) in [6, 6.07) is 7.65. The van der Waals surface area contributed by atoms with Crippen LogP contribution in [0.4, 0.5) is 14.6 Å². The summed E-state index contributed by atoms with van der Waals surface area (Å²) >= 11 is 1.26. The first-order valence-corrected chi connectivity index (χ1v) is 9.45. The van der Waals surface area contributed by atoms with Crippen LogP contribution in [0.2, 0.25) is 0 Å². The van der Waals surface area contributed by atoms with Gasteiger partial charge in [-0.25, -0.2) is 18.7 Å². The maximum atomic E-state index is 13.0. The number of nitrogens with one attached hydrogen (secondary N) is 1. The molecule has 0 bridgehead atoms. The summed E-state index contributed by atoms with van der Waals surface area (Å²) in [6.07, 6.45) is 3.00. The van der Waals surface area contributed by atoms with Crippen molar-refractivity contribution in [2.75, 3.05) is 18.7 Å². The molecule has 1 unspecified atom stereocenters. The van der Waals surface area contributed by atoms with E-state index in [1.165, 1.54) is 29.0 Å². The van der Waals surface area contributed by atoms with Gasteiger partial charge in [0.2, 0.25) is 0 Å². The van der Waals surface area contributed by atoms with E-state index in [9.17, 15) is 8.78 Å². The first-order chi connectivity index (χ1) is 12.1. The maximum Gasteiger partial charge on any atom is 0.280 e. The van der Waals surface area contributed by atoms with Gasteiger partial charge < -0.3 is 10.1 Å². The molecule has 0 saturated heterocycles. The predicted molar refractivity (Wildman–Crippen MR) is 95.8 cm³/mol. The quantitative estimate of drug-likeness (QED) is 0.480. The molecule has 0 saturated carbocycles. The second kappa shape index (κ2) is 7.99. The lowest BCUT2D eigenvalue weighted by atomic mass is 10.0. The molecule has 1 aromatic heterocycles. The van der Waals surface area contributed by atoms with Crippen molar-refractivity contribution in [3.05, 3.63) is 41.1 Å². The SMILES string of the molecule is COc1ccc2c(c1)CCCC(Nc1cc(C(F)F)nc(SC)n1)C2. The van der Waals surface area contributed by atoms with Crippen molar-refractivity contribution >= 4 is 17.6 Å². The molecule has 1 N–H and O–H groups in total. The van der Waals surface area contributed by atoms with Gasteiger partial charge in [-0.15, -0.1) is 0 Å². The molecule has 1 heterocycles. The number of halogens is 2. The molecule has 1 aliphatic rings. The third kappa shape index (κ3) is 4.39. The Morgan fingerprint density at radius 3 is 2.80 bits per heavy atom. The topological polar surface area (TPSA) is 47.0 Å². The van der Waals surface area contributed by atoms with Gasteiger partial charge in [0.05, 0.1) is 7.11 Å². The lowest BCUT2D eigenvalue weighted by Gasteiger charge is -2.18. The van der Waals surface area contributed by atoms with Gasteiger partial charge in [0.1, 0.15) is 17.3 Å². The van der Waals surface area contributed by atoms with Crippen LogP contribution in [0.3, 0.4) is 0 Å². The standard InChI is InChI=1S/C18H21F2N3OS/c1-24-14-7-6-12-8-13(5-3-4-11(12)9-14)21-16-10-15(17(19)20)22-18(23-16)25-2/h6-7,9-10,13,17H,3-5,8H2,1-2H3,(H,21,22,23). The summed E-state index contributed by atoms with van der Waals surface area (Å²) in [7, 11) is 1.67. The number of fused-ring (bicyclic) bond motifs is 1. The van der Waals surface area contributed by atoms with Gasteiger partial charge in [0, 0.05) is 12.1 Å². The van der Waals surface area contributed by atoms with Crippen molar-refractivity contribution in [3.63, 3.8) is 0 Å². The second-order valence-electron chi connectivity index (χ2n) is 6.04. The molecule has 0 spiro atoms. The highest BCUT2D eigenvalue weighted by atomic mass is 32.2. The molecular formula is C18H21F2N3OS. The van der Waals surface area contributed by atoms with Crippen LogP contribution in [0.15, 0.2) is 29.4 Å². The number of rotatable bonds is 5. The highest BCUT2D eigenvalue weighted by Gasteiger charge is 2.19. The highest BCUT2D eigenvalue weighted by Crippen LogP contribution is 2.27. The van der Waals surface area contributed by atoms with E-state index >= 15 is 0 Å². The van der Waals surface area contributed by atoms with Gasteiger partial charge in [-0.2, -0.15) is 0 Å². The highest BCUT2D eigenvalue weighted by molar-refractivity contribution is 7.98. The van der Waals surface area contributed by atoms with E-state index in [4.69, 9.17) is 4.74 Å². The number of aryl methyl sites for hydroxylation is 1. The summed E-state index contributed by atoms with van der Waals surface area (Å²) in [5.74, 6) is 1.34. The zero-order chi connectivity index (χ0) is 17.8. The summed E-state index contributed by atoms with van der Waals surface area (Å²) in [4.78, 5) is 8.20. The van der Waals surface area contributed by atoms with Crippen molar-refractivity contribution in [1.82, 2.24) is 9.97 Å². The van der Waals surface area contributed by atoms with Gasteiger partial charge in [-0.05, 0) is 55.2 Å². The second-order valence-corrected chi connectivity index (χ2v) is 6.81. The van der Waals surface area contributed by atoms with Gasteiger partial charge in [-0.3, -0.25) is 0 Å². The number of hydrogen-bond acceptors (Lipinski definition) is 5. The van der Waals surface area contributed by atoms with Gasteiger partial charge in [0.25, 0.3) is 6.43 Å². The molecule has 4 nitrogen and oxygen atoms in total. The molecule has 1 aromatic carbocycles. The van der Waals surface area contributed by atoms with E-state index in [0.717, 1.165) is 31.4 Å². The smallest absolute Gasteiger partial charge is 0.280 e. The summed E-state index contributed by atoms with van der Waals surface area (Å²) in [5.41, 5.74) is 2.33. The van der Waals surface area contributed by atoms with Crippen LogP contribution in [0.5, 0.6) is 5.75 Å². The first kappa shape index (κ1) is 17.9. The molecule has 3 rings (SSSR count). The molecule has 0 fully saturated rings. The molecule has 1 atom stereocenters. The minimum atomic E-state index is -2.60. The number of hydrogen-bond donors (Lipinski definition) is 1. The van der Waals surface area contributed by atoms with Gasteiger partial charge in [-0.1, -0.05) is 17.8 Å². The van der Waals surface area contributed by atoms with Crippen LogP contribution in [0.25, 0.3) is 0 Å². The van der Waals surface area contributed by atoms with Crippen molar-refractivity contribution in [3.8, 4) is 5.75 Å². The molecule has 25 heavy (non-hydrogen) atoms. The Labute approximate surface area is 150 Å². The summed E-state index contributed by atoms with van der Waals surface area (Å²) < 4.78 is 31.4. The number of aromatic nitrogens is 2. The molecule has 0 amide bonds. The van der Waals surface area contributed by atoms with E-state index in [-0.39, 0.29) is 11.7 Å². The molecule has 0 aliphatic heterocycles. The zero-order valence-electron chi connectivity index (χ0n) is 14.3. The Balaban J connectivity index is 1.79. The normalized spacial score (nSPS) is 17.1. The Hall–Kier alpha value is -1.89. The molecule has 134 valence electrons. The number of methoxy groups -OCH3 is 1. The molecule has 2 aromatic rings. The number of nitrogens with zero attached hydrogens (tertiary/aromatic N) is 2. The van der Waals surface area contributed by atoms with Crippen LogP contribution in [0, 0.1) is 0 Å². The first-order valence-electron chi connectivity index (χ1n) is 8.22. The Morgan fingerprint density at radius 2 is 2.08 bits per heavy atom. The lowest BCUT2D eigenvalue weighted by molar-refractivity contribution is 0.145. The predicted octanol–water partition coefficient (Wildman–Crippen LogP) is 4.50. The minimum absolute atomic E-state index is 0.157. The average Bonchev–Trinajstić information content (AvgIpc) is 2.82. The number of ether oxygens (including phenoxy) is 1. The zero-order valence-corrected chi connectivity index (χ0v) is 15.1. The van der Waals surface area contributed by atoms with Crippen LogP contribution in [0.1, 0.15) is 36.1 Å². The van der Waals surface area contributed by atoms with Crippen molar-refractivity contribution in [2.24, 2.45) is 0 Å². The fourth-order valence-corrected chi connectivity index (χ4v) is 3.51. The lowest BCUT2D eigenvalue weighted by Crippen LogP contribution is -2.22. The minimum Gasteiger partial charge on any atom is -0.497 e. The largest absolute Gasteiger partial charge is 0.497 e. The van der Waals surface area contributed by atoms with Crippen LogP contribution in [-0.2, 0) is 12.8 Å². The Morgan fingerprint density at radius 1 is 1.24 bits per heavy atom. The summed E-state index contributed by atoms with van der Waals surface area (Å²) in [5, 5.41) is 3.69. The third-order valence-electron chi connectivity index (χ3n) is 4.36. The third-order valence-corrected chi connectivity index (χ3v) is 4.91. The van der Waals surface area contributed by atoms with Crippen molar-refractivity contribution < 1.29 is 13.5 Å². The molecule has 0 radical (unpaired) electrons. The van der Waals surface area contributed by atoms with E-state index in [1.54, 1.807) is 13.4 Å². The molecule has 7 heteroatoms. The molecule has 1 aliphatic carbocycles. The van der Waals surface area contributed by atoms with Crippen LogP contribution < -0.4 is 10.1 Å². The van der Waals surface area contributed by atoms with Crippen LogP contribution in [-0.4, -0.2) is 29.4 Å². The number of thioether (sulfide) groups is 1. The van der Waals surface area contributed by atoms with Crippen molar-refractivity contribution in [2.45, 2.75) is 43.3 Å². The van der Waals surface area contributed by atoms with Gasteiger partial charge >= 0.3 is 0 Å². The maximum absolute atomic E-state index is 13.0. The fraction of sp³-hybridized carbons (Fsp3) is 0.444. The number of anilines is 1. The number of alkyl halides is 2. The summed E-state index contributed by atoms with van der Waals surface area (Å²) in [6.45, 7) is 0. The monoisotopic (exact) mass is 365 g/mol. The van der Waals surface area contributed by atoms with E-state index < -0.39 is 6.43 Å². The van der Waals surface area contributed by atoms with Crippen molar-refractivity contribution in [1.29, 1.82) is 0 Å². The van der Waals surface area contributed by atoms with Crippen LogP contribution >= 0.6 is 11.8 Å². The number of benzene rings is 1. The van der Waals surface area contributed by atoms with Gasteiger partial charge in [0.15, 0.2) is 5.16 Å². The Kier molecular flexibility index (Phi) is 5.73. The Bertz CT molecular complexity index is 742. The average molecular weight is 365 g/mol. The van der Waals surface area contributed by atoms with E-state index in [2.05, 4.69) is 27.4 Å². The molecular weight excluding hydrogens is 344 g/mol. The van der Waals surface area contributed by atoms with E-state index in [1.807, 2.05) is 6.07 Å².